The van der Waals surface area contributed by atoms with E-state index in [-0.39, 0.29) is 20.8 Å². The molecule has 1 aromatic carbocycles. The Bertz CT molecular complexity index is 688. The molecule has 0 aliphatic rings. The number of benzene rings is 1. The van der Waals surface area contributed by atoms with Crippen molar-refractivity contribution in [1.82, 2.24) is 5.32 Å². The van der Waals surface area contributed by atoms with Crippen molar-refractivity contribution in [2.24, 2.45) is 5.73 Å². The number of rotatable bonds is 5. The number of hydrogen-bond acceptors (Lipinski definition) is 5. The van der Waals surface area contributed by atoms with E-state index in [0.29, 0.717) is 0 Å². The Hall–Kier alpha value is -1.70. The molecule has 1 atom stereocenters. The zero-order chi connectivity index (χ0) is 19.4. The highest BCUT2D eigenvalue weighted by molar-refractivity contribution is 6.48. The molecule has 0 saturated carbocycles. The first kappa shape index (κ1) is 21.3. The Morgan fingerprint density at radius 2 is 1.76 bits per heavy atom. The van der Waals surface area contributed by atoms with Crippen LogP contribution in [0.15, 0.2) is 12.1 Å². The Morgan fingerprint density at radius 1 is 1.16 bits per heavy atom. The maximum atomic E-state index is 12.3. The topological polar surface area (TPSA) is 108 Å². The number of halogens is 3. The summed E-state index contributed by atoms with van der Waals surface area (Å²) in [5.74, 6) is -1.87. The molecule has 0 aliphatic heterocycles. The van der Waals surface area contributed by atoms with E-state index < -0.39 is 36.0 Å². The standard InChI is InChI=1S/C15H17Cl3N2O5/c1-15(2,3)25-14(23)20-8(6-10(19)21)13(22)24-9-5-4-7(16)11(17)12(9)18/h4-5,8H,6H2,1-3H3,(H2,19,21)(H,20,23)/t8-/m0/s1. The molecule has 10 heteroatoms. The van der Waals surface area contributed by atoms with Gasteiger partial charge >= 0.3 is 12.1 Å². The lowest BCUT2D eigenvalue weighted by molar-refractivity contribution is -0.138. The van der Waals surface area contributed by atoms with Gasteiger partial charge in [-0.05, 0) is 32.9 Å². The van der Waals surface area contributed by atoms with E-state index >= 15 is 0 Å². The molecule has 1 aromatic rings. The van der Waals surface area contributed by atoms with Crippen molar-refractivity contribution in [2.45, 2.75) is 38.8 Å². The average molecular weight is 412 g/mol. The van der Waals surface area contributed by atoms with Gasteiger partial charge < -0.3 is 20.5 Å². The molecule has 1 rings (SSSR count). The third-order valence-corrected chi connectivity index (χ3v) is 3.87. The molecule has 0 aliphatic carbocycles. The summed E-state index contributed by atoms with van der Waals surface area (Å²) in [6, 6.07) is 1.34. The van der Waals surface area contributed by atoms with Crippen LogP contribution in [0.3, 0.4) is 0 Å². The summed E-state index contributed by atoms with van der Waals surface area (Å²) < 4.78 is 10.1. The maximum absolute atomic E-state index is 12.3. The molecular formula is C15H17Cl3N2O5. The van der Waals surface area contributed by atoms with Gasteiger partial charge in [0.25, 0.3) is 0 Å². The zero-order valence-corrected chi connectivity index (χ0v) is 16.0. The van der Waals surface area contributed by atoms with Crippen LogP contribution in [0.25, 0.3) is 0 Å². The predicted molar refractivity (Wildman–Crippen MR) is 94.1 cm³/mol. The first-order chi connectivity index (χ1) is 11.4. The molecule has 138 valence electrons. The van der Waals surface area contributed by atoms with Gasteiger partial charge in [0.1, 0.15) is 16.7 Å². The second kappa shape index (κ2) is 8.60. The third-order valence-electron chi connectivity index (χ3n) is 2.59. The fourth-order valence-electron chi connectivity index (χ4n) is 1.61. The minimum Gasteiger partial charge on any atom is -0.444 e. The average Bonchev–Trinajstić information content (AvgIpc) is 2.44. The number of carbonyl (C=O) groups is 3. The molecule has 0 heterocycles. The molecule has 0 spiro atoms. The van der Waals surface area contributed by atoms with Gasteiger partial charge in [-0.2, -0.15) is 0 Å². The van der Waals surface area contributed by atoms with Crippen molar-refractivity contribution in [2.75, 3.05) is 0 Å². The fraction of sp³-hybridized carbons (Fsp3) is 0.400. The molecule has 3 N–H and O–H groups in total. The summed E-state index contributed by atoms with van der Waals surface area (Å²) in [4.78, 5) is 35.2. The summed E-state index contributed by atoms with van der Waals surface area (Å²) in [5, 5.41) is 2.32. The van der Waals surface area contributed by atoms with Gasteiger partial charge in [-0.25, -0.2) is 9.59 Å². The predicted octanol–water partition coefficient (Wildman–Crippen LogP) is 3.32. The van der Waals surface area contributed by atoms with Crippen LogP contribution >= 0.6 is 34.8 Å². The highest BCUT2D eigenvalue weighted by Gasteiger charge is 2.28. The molecule has 0 unspecified atom stereocenters. The lowest BCUT2D eigenvalue weighted by Gasteiger charge is -2.22. The van der Waals surface area contributed by atoms with Crippen LogP contribution < -0.4 is 15.8 Å². The zero-order valence-electron chi connectivity index (χ0n) is 13.7. The van der Waals surface area contributed by atoms with E-state index in [1.807, 2.05) is 0 Å². The molecule has 2 amide bonds. The normalized spacial score (nSPS) is 12.2. The second-order valence-corrected chi connectivity index (χ2v) is 7.13. The minimum absolute atomic E-state index is 0.000172. The first-order valence-corrected chi connectivity index (χ1v) is 8.17. The van der Waals surface area contributed by atoms with Crippen molar-refractivity contribution < 1.29 is 23.9 Å². The molecule has 7 nitrogen and oxygen atoms in total. The first-order valence-electron chi connectivity index (χ1n) is 7.03. The SMILES string of the molecule is CC(C)(C)OC(=O)N[C@@H](CC(N)=O)C(=O)Oc1ccc(Cl)c(Cl)c1Cl. The number of carbonyl (C=O) groups excluding carboxylic acids is 3. The van der Waals surface area contributed by atoms with Crippen molar-refractivity contribution >= 4 is 52.8 Å². The molecule has 0 saturated heterocycles. The van der Waals surface area contributed by atoms with Crippen LogP contribution in [0.4, 0.5) is 4.79 Å². The van der Waals surface area contributed by atoms with Crippen LogP contribution in [-0.2, 0) is 14.3 Å². The quantitative estimate of drug-likeness (QED) is 0.439. The van der Waals surface area contributed by atoms with E-state index in [2.05, 4.69) is 5.32 Å². The van der Waals surface area contributed by atoms with Crippen LogP contribution in [0.1, 0.15) is 27.2 Å². The maximum Gasteiger partial charge on any atom is 0.408 e. The fourth-order valence-corrected chi connectivity index (χ4v) is 2.18. The monoisotopic (exact) mass is 410 g/mol. The number of hydrogen-bond donors (Lipinski definition) is 2. The molecule has 25 heavy (non-hydrogen) atoms. The Morgan fingerprint density at radius 3 is 2.28 bits per heavy atom. The molecular weight excluding hydrogens is 395 g/mol. The number of amides is 2. The Balaban J connectivity index is 2.92. The van der Waals surface area contributed by atoms with E-state index in [1.165, 1.54) is 12.1 Å². The van der Waals surface area contributed by atoms with E-state index in [9.17, 15) is 14.4 Å². The van der Waals surface area contributed by atoms with Gasteiger partial charge in [-0.3, -0.25) is 4.79 Å². The number of primary amides is 1. The summed E-state index contributed by atoms with van der Waals surface area (Å²) in [6.07, 6.45) is -1.40. The highest BCUT2D eigenvalue weighted by atomic mass is 35.5. The van der Waals surface area contributed by atoms with Gasteiger partial charge in [-0.15, -0.1) is 0 Å². The highest BCUT2D eigenvalue weighted by Crippen LogP contribution is 2.37. The van der Waals surface area contributed by atoms with Gasteiger partial charge in [0.05, 0.1) is 16.5 Å². The number of nitrogens with two attached hydrogens (primary N) is 1. The molecule has 0 radical (unpaired) electrons. The van der Waals surface area contributed by atoms with Gasteiger partial charge in [0.2, 0.25) is 5.91 Å². The number of esters is 1. The second-order valence-electron chi connectivity index (χ2n) is 5.96. The minimum atomic E-state index is -1.36. The molecule has 0 fully saturated rings. The van der Waals surface area contributed by atoms with Crippen molar-refractivity contribution in [1.29, 1.82) is 0 Å². The summed E-state index contributed by atoms with van der Waals surface area (Å²) >= 11 is 17.6. The van der Waals surface area contributed by atoms with Gasteiger partial charge in [0.15, 0.2) is 5.75 Å². The van der Waals surface area contributed by atoms with Crippen LogP contribution in [0.2, 0.25) is 15.1 Å². The number of alkyl carbamates (subject to hydrolysis) is 1. The lowest BCUT2D eigenvalue weighted by atomic mass is 10.2. The van der Waals surface area contributed by atoms with Gasteiger partial charge in [-0.1, -0.05) is 34.8 Å². The van der Waals surface area contributed by atoms with Gasteiger partial charge in [0, 0.05) is 0 Å². The van der Waals surface area contributed by atoms with Crippen LogP contribution in [-0.4, -0.2) is 29.6 Å². The van der Waals surface area contributed by atoms with Crippen molar-refractivity contribution in [3.63, 3.8) is 0 Å². The van der Waals surface area contributed by atoms with Crippen molar-refractivity contribution in [3.05, 3.63) is 27.2 Å². The largest absolute Gasteiger partial charge is 0.444 e. The summed E-state index contributed by atoms with van der Waals surface area (Å²) in [6.45, 7) is 4.93. The van der Waals surface area contributed by atoms with Crippen LogP contribution in [0, 0.1) is 0 Å². The molecule has 0 bridgehead atoms. The van der Waals surface area contributed by atoms with E-state index in [0.717, 1.165) is 0 Å². The Kier molecular flexibility index (Phi) is 7.34. The number of nitrogens with one attached hydrogen (secondary N) is 1. The third kappa shape index (κ3) is 6.97. The van der Waals surface area contributed by atoms with Crippen molar-refractivity contribution in [3.8, 4) is 5.75 Å². The smallest absolute Gasteiger partial charge is 0.408 e. The lowest BCUT2D eigenvalue weighted by Crippen LogP contribution is -2.47. The van der Waals surface area contributed by atoms with E-state index in [1.54, 1.807) is 20.8 Å². The summed E-state index contributed by atoms with van der Waals surface area (Å²) in [7, 11) is 0. The molecule has 0 aromatic heterocycles. The van der Waals surface area contributed by atoms with Crippen LogP contribution in [0.5, 0.6) is 5.75 Å². The summed E-state index contributed by atoms with van der Waals surface area (Å²) in [5.41, 5.74) is 4.30. The van der Waals surface area contributed by atoms with E-state index in [4.69, 9.17) is 50.0 Å². The number of ether oxygens (including phenoxy) is 2. The Labute approximate surface area is 159 Å².